The molecule has 1 saturated heterocycles. The smallest absolute Gasteiger partial charge is 0.262 e. The van der Waals surface area contributed by atoms with Crippen LogP contribution in [0.3, 0.4) is 0 Å². The van der Waals surface area contributed by atoms with E-state index in [9.17, 15) is 8.42 Å². The number of sulfonamides is 1. The van der Waals surface area contributed by atoms with Crippen molar-refractivity contribution >= 4 is 10.0 Å². The maximum Gasteiger partial charge on any atom is 0.262 e. The van der Waals surface area contributed by atoms with Crippen LogP contribution >= 0.6 is 0 Å². The van der Waals surface area contributed by atoms with Crippen LogP contribution in [0.25, 0.3) is 0 Å². The minimum absolute atomic E-state index is 0.0922. The van der Waals surface area contributed by atoms with Crippen molar-refractivity contribution in [2.75, 3.05) is 13.1 Å². The summed E-state index contributed by atoms with van der Waals surface area (Å²) in [6.07, 6.45) is 5.37. The summed E-state index contributed by atoms with van der Waals surface area (Å²) in [5.41, 5.74) is 5.72. The van der Waals surface area contributed by atoms with Crippen LogP contribution in [0.5, 0.6) is 0 Å². The van der Waals surface area contributed by atoms with E-state index in [-0.39, 0.29) is 11.1 Å². The molecule has 6 nitrogen and oxygen atoms in total. The molecule has 7 heteroatoms. The Morgan fingerprint density at radius 3 is 2.85 bits per heavy atom. The van der Waals surface area contributed by atoms with Gasteiger partial charge in [0.2, 0.25) is 0 Å². The van der Waals surface area contributed by atoms with E-state index in [1.165, 1.54) is 4.31 Å². The number of rotatable bonds is 5. The third kappa shape index (κ3) is 2.89. The van der Waals surface area contributed by atoms with Gasteiger partial charge in [-0.25, -0.2) is 13.4 Å². The average Bonchev–Trinajstić information content (AvgIpc) is 2.81. The van der Waals surface area contributed by atoms with Gasteiger partial charge in [-0.3, -0.25) is 0 Å². The van der Waals surface area contributed by atoms with Gasteiger partial charge in [-0.15, -0.1) is 0 Å². The Hall–Kier alpha value is -0.920. The van der Waals surface area contributed by atoms with Crippen LogP contribution in [-0.4, -0.2) is 41.4 Å². The standard InChI is InChI=1S/C13H24N4O2S/c1-3-7-16-10-13(15-11(16)2)20(18,19)17-8-5-4-6-12(17)9-14/h10,12H,3-9,14H2,1-2H3. The second-order valence-corrected chi connectivity index (χ2v) is 7.16. The number of piperidine rings is 1. The van der Waals surface area contributed by atoms with Crippen molar-refractivity contribution in [1.29, 1.82) is 0 Å². The molecule has 0 aromatic carbocycles. The fraction of sp³-hybridized carbons (Fsp3) is 0.769. The van der Waals surface area contributed by atoms with E-state index in [2.05, 4.69) is 11.9 Å². The SMILES string of the molecule is CCCn1cc(S(=O)(=O)N2CCCCC2CN)nc1C. The van der Waals surface area contributed by atoms with Crippen molar-refractivity contribution in [2.45, 2.75) is 57.1 Å². The van der Waals surface area contributed by atoms with E-state index < -0.39 is 10.0 Å². The third-order valence-corrected chi connectivity index (χ3v) is 5.66. The van der Waals surface area contributed by atoms with Gasteiger partial charge >= 0.3 is 0 Å². The first-order chi connectivity index (χ1) is 9.50. The van der Waals surface area contributed by atoms with Crippen molar-refractivity contribution in [3.63, 3.8) is 0 Å². The van der Waals surface area contributed by atoms with Crippen LogP contribution in [0.1, 0.15) is 38.4 Å². The summed E-state index contributed by atoms with van der Waals surface area (Å²) in [7, 11) is -3.52. The van der Waals surface area contributed by atoms with Gasteiger partial charge < -0.3 is 10.3 Å². The van der Waals surface area contributed by atoms with Crippen LogP contribution < -0.4 is 5.73 Å². The zero-order chi connectivity index (χ0) is 14.8. The highest BCUT2D eigenvalue weighted by atomic mass is 32.2. The molecule has 1 unspecified atom stereocenters. The number of nitrogens with zero attached hydrogens (tertiary/aromatic N) is 3. The van der Waals surface area contributed by atoms with E-state index >= 15 is 0 Å². The van der Waals surface area contributed by atoms with Gasteiger partial charge in [-0.05, 0) is 26.2 Å². The molecule has 1 aliphatic rings. The van der Waals surface area contributed by atoms with Crippen LogP contribution in [-0.2, 0) is 16.6 Å². The highest BCUT2D eigenvalue weighted by molar-refractivity contribution is 7.89. The fourth-order valence-electron chi connectivity index (χ4n) is 2.72. The van der Waals surface area contributed by atoms with Gasteiger partial charge in [-0.2, -0.15) is 4.31 Å². The Kier molecular flexibility index (Phi) is 4.82. The predicted molar refractivity (Wildman–Crippen MR) is 77.8 cm³/mol. The molecule has 1 aliphatic heterocycles. The molecule has 2 N–H and O–H groups in total. The molecular weight excluding hydrogens is 276 g/mol. The highest BCUT2D eigenvalue weighted by Crippen LogP contribution is 2.24. The Balaban J connectivity index is 2.31. The molecule has 2 heterocycles. The van der Waals surface area contributed by atoms with Crippen LogP contribution in [0.4, 0.5) is 0 Å². The van der Waals surface area contributed by atoms with E-state index in [1.54, 1.807) is 6.20 Å². The van der Waals surface area contributed by atoms with E-state index in [0.717, 1.165) is 38.1 Å². The van der Waals surface area contributed by atoms with Gasteiger partial charge in [0.1, 0.15) is 5.82 Å². The molecule has 0 radical (unpaired) electrons. The molecule has 114 valence electrons. The minimum atomic E-state index is -3.52. The number of aromatic nitrogens is 2. The lowest BCUT2D eigenvalue weighted by Crippen LogP contribution is -2.47. The molecule has 1 aromatic rings. The van der Waals surface area contributed by atoms with Gasteiger partial charge in [0.05, 0.1) is 0 Å². The predicted octanol–water partition coefficient (Wildman–Crippen LogP) is 1.10. The average molecular weight is 300 g/mol. The fourth-order valence-corrected chi connectivity index (χ4v) is 4.42. The maximum absolute atomic E-state index is 12.7. The molecule has 0 amide bonds. The summed E-state index contributed by atoms with van der Waals surface area (Å²) in [4.78, 5) is 4.24. The molecule has 20 heavy (non-hydrogen) atoms. The van der Waals surface area contributed by atoms with Crippen molar-refractivity contribution in [2.24, 2.45) is 5.73 Å². The number of hydrogen-bond donors (Lipinski definition) is 1. The lowest BCUT2D eigenvalue weighted by Gasteiger charge is -2.33. The monoisotopic (exact) mass is 300 g/mol. The van der Waals surface area contributed by atoms with Crippen LogP contribution in [0.2, 0.25) is 0 Å². The molecule has 1 atom stereocenters. The number of aryl methyl sites for hydroxylation is 2. The van der Waals surface area contributed by atoms with Gasteiger partial charge in [0, 0.05) is 31.9 Å². The molecule has 0 saturated carbocycles. The van der Waals surface area contributed by atoms with Crippen molar-refractivity contribution in [3.8, 4) is 0 Å². The number of hydrogen-bond acceptors (Lipinski definition) is 4. The zero-order valence-electron chi connectivity index (χ0n) is 12.2. The molecule has 1 fully saturated rings. The summed E-state index contributed by atoms with van der Waals surface area (Å²) in [6, 6.07) is -0.0922. The Morgan fingerprint density at radius 1 is 1.45 bits per heavy atom. The largest absolute Gasteiger partial charge is 0.334 e. The van der Waals surface area contributed by atoms with Crippen LogP contribution in [0, 0.1) is 6.92 Å². The maximum atomic E-state index is 12.7. The summed E-state index contributed by atoms with van der Waals surface area (Å²) >= 11 is 0. The highest BCUT2D eigenvalue weighted by Gasteiger charge is 2.34. The Morgan fingerprint density at radius 2 is 2.20 bits per heavy atom. The van der Waals surface area contributed by atoms with E-state index in [1.807, 2.05) is 11.5 Å². The summed E-state index contributed by atoms with van der Waals surface area (Å²) < 4.78 is 28.9. The second-order valence-electron chi connectivity index (χ2n) is 5.32. The first-order valence-electron chi connectivity index (χ1n) is 7.26. The summed E-state index contributed by atoms with van der Waals surface area (Å²) in [5.74, 6) is 0.742. The lowest BCUT2D eigenvalue weighted by molar-refractivity contribution is 0.257. The van der Waals surface area contributed by atoms with E-state index in [0.29, 0.717) is 13.1 Å². The first-order valence-corrected chi connectivity index (χ1v) is 8.70. The summed E-state index contributed by atoms with van der Waals surface area (Å²) in [6.45, 7) is 5.60. The molecule has 0 bridgehead atoms. The molecule has 0 aliphatic carbocycles. The normalized spacial score (nSPS) is 21.2. The minimum Gasteiger partial charge on any atom is -0.334 e. The molecule has 2 rings (SSSR count). The van der Waals surface area contributed by atoms with E-state index in [4.69, 9.17) is 5.73 Å². The molecule has 1 aromatic heterocycles. The molecule has 0 spiro atoms. The van der Waals surface area contributed by atoms with Gasteiger partial charge in [-0.1, -0.05) is 13.3 Å². The lowest BCUT2D eigenvalue weighted by atomic mass is 10.1. The zero-order valence-corrected chi connectivity index (χ0v) is 13.1. The number of nitrogens with two attached hydrogens (primary N) is 1. The van der Waals surface area contributed by atoms with Crippen molar-refractivity contribution < 1.29 is 8.42 Å². The molecular formula is C13H24N4O2S. The van der Waals surface area contributed by atoms with Crippen molar-refractivity contribution in [1.82, 2.24) is 13.9 Å². The Bertz CT molecular complexity index is 553. The second kappa shape index (κ2) is 6.24. The summed E-state index contributed by atoms with van der Waals surface area (Å²) in [5, 5.41) is 0.156. The topological polar surface area (TPSA) is 81.2 Å². The van der Waals surface area contributed by atoms with Crippen molar-refractivity contribution in [3.05, 3.63) is 12.0 Å². The first kappa shape index (κ1) is 15.5. The Labute approximate surface area is 121 Å². The number of imidazole rings is 1. The van der Waals surface area contributed by atoms with Gasteiger partial charge in [0.15, 0.2) is 5.03 Å². The van der Waals surface area contributed by atoms with Crippen LogP contribution in [0.15, 0.2) is 11.2 Å². The third-order valence-electron chi connectivity index (χ3n) is 3.84. The quantitative estimate of drug-likeness (QED) is 0.883. The van der Waals surface area contributed by atoms with Gasteiger partial charge in [0.25, 0.3) is 10.0 Å².